The molecule has 0 saturated heterocycles. The van der Waals surface area contributed by atoms with Crippen LogP contribution >= 0.6 is 0 Å². The second kappa shape index (κ2) is 47.0. The van der Waals surface area contributed by atoms with Crippen LogP contribution in [-0.2, 0) is 28.6 Å². The van der Waals surface area contributed by atoms with Crippen LogP contribution in [0.1, 0.15) is 162 Å². The summed E-state index contributed by atoms with van der Waals surface area (Å²) in [5.74, 6) is -1.88. The summed E-state index contributed by atoms with van der Waals surface area (Å²) in [5, 5.41) is 11.7. The quantitative estimate of drug-likeness (QED) is 0.0260. The Labute approximate surface area is 403 Å². The van der Waals surface area contributed by atoms with Gasteiger partial charge in [0, 0.05) is 19.3 Å². The lowest BCUT2D eigenvalue weighted by molar-refractivity contribution is -0.889. The zero-order valence-corrected chi connectivity index (χ0v) is 42.0. The Hall–Kier alpha value is -4.53. The van der Waals surface area contributed by atoms with Crippen LogP contribution in [0.5, 0.6) is 0 Å². The minimum Gasteiger partial charge on any atom is -0.544 e. The van der Waals surface area contributed by atoms with Gasteiger partial charge in [0.25, 0.3) is 0 Å². The molecular weight excluding hydrogens is 823 g/mol. The number of aliphatic carboxylic acids is 1. The van der Waals surface area contributed by atoms with Crippen LogP contribution in [0.2, 0.25) is 0 Å². The molecule has 0 rings (SSSR count). The summed E-state index contributed by atoms with van der Waals surface area (Å²) in [5.41, 5.74) is 0. The monoisotopic (exact) mass is 914 g/mol. The molecule has 0 aromatic rings. The molecule has 0 amide bonds. The van der Waals surface area contributed by atoms with Crippen molar-refractivity contribution in [1.29, 1.82) is 0 Å². The van der Waals surface area contributed by atoms with E-state index in [1.54, 1.807) is 21.1 Å². The van der Waals surface area contributed by atoms with E-state index < -0.39 is 24.1 Å². The molecule has 0 heterocycles. The van der Waals surface area contributed by atoms with Gasteiger partial charge in [-0.1, -0.05) is 180 Å². The van der Waals surface area contributed by atoms with E-state index in [1.807, 2.05) is 12.2 Å². The number of ether oxygens (including phenoxy) is 3. The number of carboxylic acid groups (broad SMARTS) is 1. The van der Waals surface area contributed by atoms with Crippen molar-refractivity contribution in [3.8, 4) is 0 Å². The molecule has 2 unspecified atom stereocenters. The van der Waals surface area contributed by atoms with Gasteiger partial charge in [-0.15, -0.1) is 0 Å². The summed E-state index contributed by atoms with van der Waals surface area (Å²) >= 11 is 0. The molecule has 0 fully saturated rings. The van der Waals surface area contributed by atoms with Crippen molar-refractivity contribution < 1.29 is 38.2 Å². The summed E-state index contributed by atoms with van der Waals surface area (Å²) in [7, 11) is 5.37. The van der Waals surface area contributed by atoms with E-state index in [0.29, 0.717) is 12.8 Å². The van der Waals surface area contributed by atoms with Gasteiger partial charge in [-0.2, -0.15) is 0 Å². The van der Waals surface area contributed by atoms with Gasteiger partial charge in [0.2, 0.25) is 0 Å². The van der Waals surface area contributed by atoms with E-state index in [1.165, 1.54) is 19.3 Å². The third-order valence-corrected chi connectivity index (χ3v) is 10.3. The largest absolute Gasteiger partial charge is 0.544 e. The van der Waals surface area contributed by atoms with Crippen molar-refractivity contribution in [3.63, 3.8) is 0 Å². The maximum absolute atomic E-state index is 12.7. The molecule has 0 spiro atoms. The Morgan fingerprint density at radius 3 is 1.24 bits per heavy atom. The highest BCUT2D eigenvalue weighted by atomic mass is 16.6. The van der Waals surface area contributed by atoms with Gasteiger partial charge in [-0.05, 0) is 96.3 Å². The van der Waals surface area contributed by atoms with E-state index in [4.69, 9.17) is 14.2 Å². The van der Waals surface area contributed by atoms with Gasteiger partial charge in [0.05, 0.1) is 40.3 Å². The highest BCUT2D eigenvalue weighted by molar-refractivity contribution is 5.70. The van der Waals surface area contributed by atoms with E-state index in [-0.39, 0.29) is 43.1 Å². The van der Waals surface area contributed by atoms with Crippen LogP contribution in [0.4, 0.5) is 0 Å². The van der Waals surface area contributed by atoms with Crippen LogP contribution < -0.4 is 5.11 Å². The molecule has 0 saturated carbocycles. The number of allylic oxidation sites excluding steroid dienone is 22. The first-order valence-electron chi connectivity index (χ1n) is 25.2. The average Bonchev–Trinajstić information content (AvgIpc) is 3.28. The molecule has 0 aliphatic rings. The first-order valence-corrected chi connectivity index (χ1v) is 25.2. The van der Waals surface area contributed by atoms with Gasteiger partial charge in [-0.3, -0.25) is 9.59 Å². The number of nitrogens with zero attached hydrogens (tertiary/aromatic N) is 1. The molecule has 8 nitrogen and oxygen atoms in total. The summed E-state index contributed by atoms with van der Waals surface area (Å²) in [6.07, 6.45) is 67.8. The fourth-order valence-corrected chi connectivity index (χ4v) is 6.47. The van der Waals surface area contributed by atoms with Crippen LogP contribution in [0, 0.1) is 0 Å². The number of hydrogen-bond donors (Lipinski definition) is 0. The number of esters is 2. The lowest BCUT2D eigenvalue weighted by atomic mass is 10.1. The Balaban J connectivity index is 4.41. The zero-order chi connectivity index (χ0) is 48.4. The molecule has 0 aliphatic heterocycles. The molecule has 0 N–H and O–H groups in total. The molecule has 0 aromatic carbocycles. The predicted molar refractivity (Wildman–Crippen MR) is 277 cm³/mol. The third kappa shape index (κ3) is 44.7. The van der Waals surface area contributed by atoms with Crippen LogP contribution in [0.3, 0.4) is 0 Å². The number of quaternary nitrogens is 1. The van der Waals surface area contributed by atoms with Crippen molar-refractivity contribution in [2.45, 2.75) is 174 Å². The molecule has 0 bridgehead atoms. The lowest BCUT2D eigenvalue weighted by Crippen LogP contribution is -2.55. The van der Waals surface area contributed by atoms with Crippen molar-refractivity contribution in [1.82, 2.24) is 0 Å². The predicted octanol–water partition coefficient (Wildman–Crippen LogP) is 13.4. The number of unbranched alkanes of at least 4 members (excludes halogenated alkanes) is 7. The second-order valence-electron chi connectivity index (χ2n) is 17.3. The number of carboxylic acids is 1. The van der Waals surface area contributed by atoms with E-state index in [2.05, 4.69) is 135 Å². The Morgan fingerprint density at radius 2 is 0.833 bits per heavy atom. The Kier molecular flexibility index (Phi) is 43.8. The van der Waals surface area contributed by atoms with Gasteiger partial charge >= 0.3 is 11.9 Å². The van der Waals surface area contributed by atoms with Gasteiger partial charge < -0.3 is 28.6 Å². The summed E-state index contributed by atoms with van der Waals surface area (Å²) in [6, 6.07) is -0.750. The third-order valence-electron chi connectivity index (χ3n) is 10.3. The fourth-order valence-electron chi connectivity index (χ4n) is 6.47. The molecule has 0 aromatic heterocycles. The average molecular weight is 914 g/mol. The molecule has 0 aliphatic carbocycles. The van der Waals surface area contributed by atoms with Crippen LogP contribution in [-0.4, -0.2) is 75.5 Å². The highest BCUT2D eigenvalue weighted by Gasteiger charge is 2.25. The standard InChI is InChI=1S/C58H91NO7/c1-6-8-10-12-14-16-18-20-22-24-26-27-28-29-31-32-34-36-38-40-42-44-46-48-56(60)65-53-54(52-64-51-50-55(58(62)63)59(3,4)5)66-57(61)49-47-45-43-41-39-37-35-33-30-25-23-21-19-17-15-13-11-9-7-2/h8-11,14-17,20-23,26-27,29-31,33,37,39,43,45,54-55H,6-7,12-13,18-19,24-25,28,32,34-36,38,40-42,44,46-53H2,1-5H3/b10-8+,11-9+,16-14+,17-15+,22-20+,23-21+,27-26+,31-29+,33-30+,39-37+,45-43+. The zero-order valence-electron chi connectivity index (χ0n) is 42.0. The number of carbonyl (C=O) groups is 3. The second-order valence-corrected chi connectivity index (χ2v) is 17.3. The van der Waals surface area contributed by atoms with Crippen molar-refractivity contribution in [3.05, 3.63) is 134 Å². The number of hydrogen-bond acceptors (Lipinski definition) is 7. The number of rotatable bonds is 43. The van der Waals surface area contributed by atoms with Gasteiger partial charge in [0.15, 0.2) is 6.10 Å². The summed E-state index contributed by atoms with van der Waals surface area (Å²) in [6.45, 7) is 4.32. The molecular formula is C58H91NO7. The van der Waals surface area contributed by atoms with E-state index in [0.717, 1.165) is 103 Å². The minimum absolute atomic E-state index is 0.00305. The highest BCUT2D eigenvalue weighted by Crippen LogP contribution is 2.12. The van der Waals surface area contributed by atoms with Crippen molar-refractivity contribution in [2.24, 2.45) is 0 Å². The molecule has 0 radical (unpaired) electrons. The maximum atomic E-state index is 12.7. The molecule has 66 heavy (non-hydrogen) atoms. The number of carbonyl (C=O) groups excluding carboxylic acids is 3. The molecule has 8 heteroatoms. The molecule has 370 valence electrons. The summed E-state index contributed by atoms with van der Waals surface area (Å²) in [4.78, 5) is 37.0. The van der Waals surface area contributed by atoms with Gasteiger partial charge in [0.1, 0.15) is 12.6 Å². The Bertz CT molecular complexity index is 1530. The van der Waals surface area contributed by atoms with E-state index in [9.17, 15) is 19.5 Å². The van der Waals surface area contributed by atoms with E-state index >= 15 is 0 Å². The van der Waals surface area contributed by atoms with Crippen LogP contribution in [0.25, 0.3) is 0 Å². The lowest BCUT2D eigenvalue weighted by Gasteiger charge is -2.34. The van der Waals surface area contributed by atoms with Crippen LogP contribution in [0.15, 0.2) is 134 Å². The topological polar surface area (TPSA) is 102 Å². The Morgan fingerprint density at radius 1 is 0.455 bits per heavy atom. The molecule has 2 atom stereocenters. The van der Waals surface area contributed by atoms with Crippen molar-refractivity contribution in [2.75, 3.05) is 41.0 Å². The SMILES string of the molecule is CC/C=C/C/C=C/C/C=C/C/C=C/C/C=C/C/C=C/CCC(=O)OC(COCCC(C(=O)[O-])[N+](C)(C)C)COC(=O)CCCCCCCCC/C=C/C/C=C/C/C=C/C/C=C/C/C=C/CC. The smallest absolute Gasteiger partial charge is 0.306 e. The fraction of sp³-hybridized carbons (Fsp3) is 0.569. The first-order chi connectivity index (χ1) is 32.1. The normalized spacial score (nSPS) is 14.0. The number of likely N-dealkylation sites (N-methyl/N-ethyl adjacent to an activating group) is 1. The van der Waals surface area contributed by atoms with Crippen molar-refractivity contribution >= 4 is 17.9 Å². The summed E-state index contributed by atoms with van der Waals surface area (Å²) < 4.78 is 17.1. The van der Waals surface area contributed by atoms with Gasteiger partial charge in [-0.25, -0.2) is 0 Å². The maximum Gasteiger partial charge on any atom is 0.306 e. The minimum atomic E-state index is -1.14. The first kappa shape index (κ1) is 61.5.